The molecule has 0 unspecified atom stereocenters. The van der Waals surface area contributed by atoms with Gasteiger partial charge in [0.25, 0.3) is 0 Å². The zero-order valence-corrected chi connectivity index (χ0v) is 8.67. The quantitative estimate of drug-likeness (QED) is 0.677. The van der Waals surface area contributed by atoms with E-state index >= 15 is 0 Å². The number of nitrogens with zero attached hydrogens (tertiary/aromatic N) is 2. The molecule has 0 saturated heterocycles. The highest BCUT2D eigenvalue weighted by Gasteiger charge is 2.08. The Morgan fingerprint density at radius 1 is 1.29 bits per heavy atom. The van der Waals surface area contributed by atoms with Crippen LogP contribution in [0, 0.1) is 13.8 Å². The van der Waals surface area contributed by atoms with Gasteiger partial charge in [-0.1, -0.05) is 11.6 Å². The summed E-state index contributed by atoms with van der Waals surface area (Å²) in [6, 6.07) is 3.56. The second kappa shape index (κ2) is 3.42. The van der Waals surface area contributed by atoms with Crippen LogP contribution in [-0.4, -0.2) is 9.97 Å². The van der Waals surface area contributed by atoms with Crippen molar-refractivity contribution in [1.82, 2.24) is 9.97 Å². The third kappa shape index (κ3) is 1.63. The Hall–Kier alpha value is -1.35. The fraction of sp³-hybridized carbons (Fsp3) is 0.200. The summed E-state index contributed by atoms with van der Waals surface area (Å²) in [4.78, 5) is 8.41. The predicted molar refractivity (Wildman–Crippen MR) is 54.2 cm³/mol. The fourth-order valence-electron chi connectivity index (χ4n) is 1.27. The van der Waals surface area contributed by atoms with Crippen LogP contribution in [0.3, 0.4) is 0 Å². The van der Waals surface area contributed by atoms with Crippen molar-refractivity contribution in [2.75, 3.05) is 0 Å². The summed E-state index contributed by atoms with van der Waals surface area (Å²) in [6.45, 7) is 3.75. The highest BCUT2D eigenvalue weighted by molar-refractivity contribution is 6.29. The van der Waals surface area contributed by atoms with Gasteiger partial charge in [-0.2, -0.15) is 0 Å². The van der Waals surface area contributed by atoms with Crippen LogP contribution in [0.15, 0.2) is 22.8 Å². The van der Waals surface area contributed by atoms with Crippen molar-refractivity contribution in [3.63, 3.8) is 0 Å². The van der Waals surface area contributed by atoms with E-state index in [1.54, 1.807) is 12.3 Å². The van der Waals surface area contributed by atoms with Crippen LogP contribution < -0.4 is 0 Å². The van der Waals surface area contributed by atoms with Crippen molar-refractivity contribution >= 4 is 11.6 Å². The van der Waals surface area contributed by atoms with Gasteiger partial charge in [0.05, 0.1) is 11.8 Å². The average molecular weight is 209 g/mol. The highest BCUT2D eigenvalue weighted by atomic mass is 35.5. The van der Waals surface area contributed by atoms with Crippen molar-refractivity contribution in [3.8, 4) is 11.4 Å². The van der Waals surface area contributed by atoms with Gasteiger partial charge in [-0.3, -0.25) is 0 Å². The van der Waals surface area contributed by atoms with E-state index in [0.717, 1.165) is 17.0 Å². The summed E-state index contributed by atoms with van der Waals surface area (Å²) in [5.41, 5.74) is 1.73. The summed E-state index contributed by atoms with van der Waals surface area (Å²) >= 11 is 5.84. The molecule has 2 aromatic rings. The molecule has 14 heavy (non-hydrogen) atoms. The Morgan fingerprint density at radius 2 is 2.07 bits per heavy atom. The Bertz CT molecular complexity index is 445. The number of hydrogen-bond acceptors (Lipinski definition) is 3. The number of aryl methyl sites for hydroxylation is 2. The summed E-state index contributed by atoms with van der Waals surface area (Å²) in [7, 11) is 0. The lowest BCUT2D eigenvalue weighted by Gasteiger charge is -2.00. The molecular formula is C10H9ClN2O. The van der Waals surface area contributed by atoms with E-state index in [1.165, 1.54) is 0 Å². The lowest BCUT2D eigenvalue weighted by atomic mass is 10.2. The molecule has 0 atom stereocenters. The standard InChI is InChI=1S/C10H9ClN2O/c1-6-5-9(11)13-10(12-6)8-3-4-14-7(8)2/h3-5H,1-2H3. The van der Waals surface area contributed by atoms with Crippen LogP contribution in [-0.2, 0) is 0 Å². The lowest BCUT2D eigenvalue weighted by molar-refractivity contribution is 0.535. The SMILES string of the molecule is Cc1cc(Cl)nc(-c2ccoc2C)n1. The molecule has 0 aliphatic rings. The molecule has 0 spiro atoms. The zero-order valence-electron chi connectivity index (χ0n) is 7.91. The fourth-order valence-corrected chi connectivity index (χ4v) is 1.51. The van der Waals surface area contributed by atoms with E-state index in [1.807, 2.05) is 19.9 Å². The molecule has 2 aromatic heterocycles. The maximum Gasteiger partial charge on any atom is 0.164 e. The van der Waals surface area contributed by atoms with E-state index in [4.69, 9.17) is 16.0 Å². The van der Waals surface area contributed by atoms with Crippen molar-refractivity contribution in [2.24, 2.45) is 0 Å². The molecule has 0 aliphatic heterocycles. The van der Waals surface area contributed by atoms with Gasteiger partial charge < -0.3 is 4.42 Å². The number of furan rings is 1. The van der Waals surface area contributed by atoms with Crippen LogP contribution >= 0.6 is 11.6 Å². The molecule has 2 heterocycles. The number of halogens is 1. The Balaban J connectivity index is 2.57. The van der Waals surface area contributed by atoms with Crippen molar-refractivity contribution in [1.29, 1.82) is 0 Å². The van der Waals surface area contributed by atoms with Gasteiger partial charge in [-0.15, -0.1) is 0 Å². The Morgan fingerprint density at radius 3 is 2.64 bits per heavy atom. The van der Waals surface area contributed by atoms with Crippen LogP contribution in [0.1, 0.15) is 11.5 Å². The maximum atomic E-state index is 5.84. The minimum atomic E-state index is 0.452. The smallest absolute Gasteiger partial charge is 0.164 e. The molecule has 0 aromatic carbocycles. The molecule has 0 saturated carbocycles. The van der Waals surface area contributed by atoms with Gasteiger partial charge in [-0.05, 0) is 26.0 Å². The van der Waals surface area contributed by atoms with E-state index < -0.39 is 0 Å². The third-order valence-electron chi connectivity index (χ3n) is 1.92. The molecule has 0 N–H and O–H groups in total. The van der Waals surface area contributed by atoms with Crippen molar-refractivity contribution < 1.29 is 4.42 Å². The van der Waals surface area contributed by atoms with Gasteiger partial charge in [0, 0.05) is 5.69 Å². The number of hydrogen-bond donors (Lipinski definition) is 0. The monoisotopic (exact) mass is 208 g/mol. The lowest BCUT2D eigenvalue weighted by Crippen LogP contribution is -1.91. The molecule has 0 amide bonds. The normalized spacial score (nSPS) is 10.5. The maximum absolute atomic E-state index is 5.84. The summed E-state index contributed by atoms with van der Waals surface area (Å²) < 4.78 is 5.18. The van der Waals surface area contributed by atoms with Gasteiger partial charge >= 0.3 is 0 Å². The van der Waals surface area contributed by atoms with E-state index in [9.17, 15) is 0 Å². The summed E-state index contributed by atoms with van der Waals surface area (Å²) in [5, 5.41) is 0.452. The topological polar surface area (TPSA) is 38.9 Å². The molecule has 0 fully saturated rings. The first kappa shape index (κ1) is 9.21. The van der Waals surface area contributed by atoms with E-state index in [0.29, 0.717) is 11.0 Å². The summed E-state index contributed by atoms with van der Waals surface area (Å²) in [6.07, 6.45) is 1.62. The molecular weight excluding hydrogens is 200 g/mol. The predicted octanol–water partition coefficient (Wildman–Crippen LogP) is 3.01. The van der Waals surface area contributed by atoms with Crippen LogP contribution in [0.5, 0.6) is 0 Å². The number of aromatic nitrogens is 2. The molecule has 4 heteroatoms. The van der Waals surface area contributed by atoms with Gasteiger partial charge in [0.15, 0.2) is 5.82 Å². The molecule has 72 valence electrons. The first-order valence-corrected chi connectivity index (χ1v) is 4.60. The second-order valence-corrected chi connectivity index (χ2v) is 3.43. The zero-order chi connectivity index (χ0) is 10.1. The first-order chi connectivity index (χ1) is 6.66. The second-order valence-electron chi connectivity index (χ2n) is 3.05. The van der Waals surface area contributed by atoms with Gasteiger partial charge in [0.2, 0.25) is 0 Å². The van der Waals surface area contributed by atoms with Crippen LogP contribution in [0.2, 0.25) is 5.15 Å². The van der Waals surface area contributed by atoms with Crippen molar-refractivity contribution in [2.45, 2.75) is 13.8 Å². The molecule has 0 aliphatic carbocycles. The minimum absolute atomic E-state index is 0.452. The molecule has 0 bridgehead atoms. The average Bonchev–Trinajstić information content (AvgIpc) is 2.49. The van der Waals surface area contributed by atoms with E-state index in [-0.39, 0.29) is 0 Å². The van der Waals surface area contributed by atoms with Crippen LogP contribution in [0.25, 0.3) is 11.4 Å². The van der Waals surface area contributed by atoms with E-state index in [2.05, 4.69) is 9.97 Å². The largest absolute Gasteiger partial charge is 0.469 e. The van der Waals surface area contributed by atoms with Gasteiger partial charge in [-0.25, -0.2) is 9.97 Å². The third-order valence-corrected chi connectivity index (χ3v) is 2.12. The molecule has 0 radical (unpaired) electrons. The van der Waals surface area contributed by atoms with Gasteiger partial charge in [0.1, 0.15) is 10.9 Å². The minimum Gasteiger partial charge on any atom is -0.469 e. The summed E-state index contributed by atoms with van der Waals surface area (Å²) in [5.74, 6) is 1.41. The molecule has 2 rings (SSSR count). The molecule has 3 nitrogen and oxygen atoms in total. The van der Waals surface area contributed by atoms with Crippen molar-refractivity contribution in [3.05, 3.63) is 35.0 Å². The Labute approximate surface area is 86.8 Å². The Kier molecular flexibility index (Phi) is 2.25. The van der Waals surface area contributed by atoms with Crippen LogP contribution in [0.4, 0.5) is 0 Å². The highest BCUT2D eigenvalue weighted by Crippen LogP contribution is 2.22. The first-order valence-electron chi connectivity index (χ1n) is 4.22. The number of rotatable bonds is 1.